The molecule has 0 aliphatic carbocycles. The molecule has 0 saturated carbocycles. The van der Waals surface area contributed by atoms with E-state index < -0.39 is 11.6 Å². The van der Waals surface area contributed by atoms with Gasteiger partial charge in [0.15, 0.2) is 34.6 Å². The Kier molecular flexibility index (Phi) is 7.27. The molecule has 2 N–H and O–H groups in total. The van der Waals surface area contributed by atoms with Crippen LogP contribution in [0.15, 0.2) is 24.3 Å². The van der Waals surface area contributed by atoms with Gasteiger partial charge in [-0.3, -0.25) is 9.59 Å². The van der Waals surface area contributed by atoms with E-state index in [1.807, 2.05) is 0 Å². The van der Waals surface area contributed by atoms with Crippen LogP contribution in [0.25, 0.3) is 0 Å². The van der Waals surface area contributed by atoms with Crippen molar-refractivity contribution in [1.29, 1.82) is 0 Å². The fraction of sp³-hybridized carbons (Fsp3) is 0.300. The summed E-state index contributed by atoms with van der Waals surface area (Å²) in [6.07, 6.45) is 0. The van der Waals surface area contributed by atoms with Crippen molar-refractivity contribution in [2.45, 2.75) is 0 Å². The van der Waals surface area contributed by atoms with Crippen LogP contribution < -0.4 is 18.9 Å². The minimum atomic E-state index is -0.435. The van der Waals surface area contributed by atoms with Crippen LogP contribution in [-0.2, 0) is 4.74 Å². The zero-order chi connectivity index (χ0) is 21.6. The lowest BCUT2D eigenvalue weighted by Crippen LogP contribution is -2.15. The summed E-state index contributed by atoms with van der Waals surface area (Å²) in [5.41, 5.74) is 0.383. The number of rotatable bonds is 10. The van der Waals surface area contributed by atoms with Crippen LogP contribution in [0.3, 0.4) is 0 Å². The van der Waals surface area contributed by atoms with E-state index in [9.17, 15) is 19.8 Å². The van der Waals surface area contributed by atoms with Gasteiger partial charge < -0.3 is 33.9 Å². The van der Waals surface area contributed by atoms with Crippen molar-refractivity contribution in [3.63, 3.8) is 0 Å². The maximum absolute atomic E-state index is 12.4. The normalized spacial score (nSPS) is 10.3. The van der Waals surface area contributed by atoms with Crippen molar-refractivity contribution in [2.24, 2.45) is 0 Å². The monoisotopic (exact) mass is 406 g/mol. The summed E-state index contributed by atoms with van der Waals surface area (Å²) in [4.78, 5) is 24.7. The number of methoxy groups -OCH3 is 4. The smallest absolute Gasteiger partial charge is 0.200 e. The number of hydrogen-bond donors (Lipinski definition) is 2. The minimum absolute atomic E-state index is 0.0760. The average Bonchev–Trinajstić information content (AvgIpc) is 2.73. The zero-order valence-corrected chi connectivity index (χ0v) is 16.5. The molecule has 0 atom stereocenters. The number of aromatic hydroxyl groups is 2. The molecule has 2 aromatic rings. The molecule has 9 nitrogen and oxygen atoms in total. The summed E-state index contributed by atoms with van der Waals surface area (Å²) in [7, 11) is 5.38. The minimum Gasteiger partial charge on any atom is -0.502 e. The van der Waals surface area contributed by atoms with E-state index in [0.29, 0.717) is 0 Å². The molecule has 2 rings (SSSR count). The highest BCUT2D eigenvalue weighted by Crippen LogP contribution is 2.38. The number of ether oxygens (including phenoxy) is 5. The van der Waals surface area contributed by atoms with E-state index in [1.165, 1.54) is 52.7 Å². The standard InChI is InChI=1S/C20H22O9/c1-25-15-5-11(6-16(26-2)19(15)23)13(21)9-29-10-14(22)12-7-17(27-3)20(24)18(8-12)28-4/h5-8,23-24H,9-10H2,1-4H3. The van der Waals surface area contributed by atoms with Crippen LogP contribution >= 0.6 is 0 Å². The van der Waals surface area contributed by atoms with E-state index in [0.717, 1.165) is 0 Å². The van der Waals surface area contributed by atoms with Crippen LogP contribution in [-0.4, -0.2) is 63.4 Å². The molecule has 9 heteroatoms. The maximum atomic E-state index is 12.4. The first kappa shape index (κ1) is 21.8. The number of phenols is 2. The fourth-order valence-corrected chi connectivity index (χ4v) is 2.51. The summed E-state index contributed by atoms with van der Waals surface area (Å²) in [6.45, 7) is -0.760. The van der Waals surface area contributed by atoms with Crippen molar-refractivity contribution >= 4 is 11.6 Å². The molecule has 0 aromatic heterocycles. The van der Waals surface area contributed by atoms with Crippen molar-refractivity contribution < 1.29 is 43.5 Å². The maximum Gasteiger partial charge on any atom is 0.200 e. The highest BCUT2D eigenvalue weighted by atomic mass is 16.5. The Morgan fingerprint density at radius 1 is 0.655 bits per heavy atom. The molecule has 156 valence electrons. The van der Waals surface area contributed by atoms with Crippen LogP contribution in [0.5, 0.6) is 34.5 Å². The highest BCUT2D eigenvalue weighted by molar-refractivity contribution is 6.00. The van der Waals surface area contributed by atoms with E-state index in [4.69, 9.17) is 23.7 Å². The summed E-state index contributed by atoms with van der Waals surface area (Å²) in [6, 6.07) is 5.39. The van der Waals surface area contributed by atoms with E-state index in [1.54, 1.807) is 0 Å². The molecule has 0 saturated heterocycles. The first-order valence-corrected chi connectivity index (χ1v) is 8.40. The lowest BCUT2D eigenvalue weighted by Gasteiger charge is -2.12. The number of Topliss-reactive ketones (excluding diaryl/α,β-unsaturated/α-hetero) is 2. The Hall–Kier alpha value is -3.46. The molecule has 0 unspecified atom stereocenters. The third-order valence-corrected chi connectivity index (χ3v) is 4.07. The van der Waals surface area contributed by atoms with Crippen LogP contribution in [0.4, 0.5) is 0 Å². The first-order chi connectivity index (χ1) is 13.9. The summed E-state index contributed by atoms with van der Waals surface area (Å²) >= 11 is 0. The molecule has 0 bridgehead atoms. The van der Waals surface area contributed by atoms with Gasteiger partial charge in [0, 0.05) is 11.1 Å². The van der Waals surface area contributed by atoms with E-state index in [2.05, 4.69) is 0 Å². The second-order valence-electron chi connectivity index (χ2n) is 5.80. The average molecular weight is 406 g/mol. The number of benzene rings is 2. The number of ketones is 2. The quantitative estimate of drug-likeness (QED) is 0.572. The zero-order valence-electron chi connectivity index (χ0n) is 16.5. The SMILES string of the molecule is COc1cc(C(=O)COCC(=O)c2cc(OC)c(O)c(OC)c2)cc(OC)c1O. The van der Waals surface area contributed by atoms with Crippen molar-refractivity contribution in [2.75, 3.05) is 41.7 Å². The second-order valence-corrected chi connectivity index (χ2v) is 5.80. The molecular weight excluding hydrogens is 384 g/mol. The molecule has 2 aromatic carbocycles. The Morgan fingerprint density at radius 2 is 0.931 bits per heavy atom. The van der Waals surface area contributed by atoms with Crippen LogP contribution in [0, 0.1) is 0 Å². The van der Waals surface area contributed by atoms with Crippen molar-refractivity contribution in [1.82, 2.24) is 0 Å². The van der Waals surface area contributed by atoms with Crippen molar-refractivity contribution in [3.8, 4) is 34.5 Å². The Morgan fingerprint density at radius 3 is 1.17 bits per heavy atom. The molecule has 0 spiro atoms. The van der Waals surface area contributed by atoms with E-state index >= 15 is 0 Å². The van der Waals surface area contributed by atoms with Gasteiger partial charge in [-0.1, -0.05) is 0 Å². The second kappa shape index (κ2) is 9.65. The van der Waals surface area contributed by atoms with Gasteiger partial charge in [-0.25, -0.2) is 0 Å². The van der Waals surface area contributed by atoms with Gasteiger partial charge in [-0.15, -0.1) is 0 Å². The van der Waals surface area contributed by atoms with Crippen LogP contribution in [0.1, 0.15) is 20.7 Å². The molecule has 0 aliphatic heterocycles. The molecule has 0 radical (unpaired) electrons. The van der Waals surface area contributed by atoms with Crippen LogP contribution in [0.2, 0.25) is 0 Å². The van der Waals surface area contributed by atoms with Gasteiger partial charge in [0.25, 0.3) is 0 Å². The number of phenolic OH excluding ortho intramolecular Hbond substituents is 2. The van der Waals surface area contributed by atoms with Gasteiger partial charge in [0.05, 0.1) is 28.4 Å². The molecule has 0 heterocycles. The van der Waals surface area contributed by atoms with E-state index in [-0.39, 0.29) is 58.8 Å². The Bertz CT molecular complexity index is 781. The first-order valence-electron chi connectivity index (χ1n) is 8.40. The summed E-state index contributed by atoms with van der Waals surface area (Å²) in [5, 5.41) is 19.8. The summed E-state index contributed by atoms with van der Waals surface area (Å²) in [5.74, 6) is -1.01. The molecule has 0 fully saturated rings. The number of carbonyl (C=O) groups is 2. The predicted molar refractivity (Wildman–Crippen MR) is 102 cm³/mol. The number of carbonyl (C=O) groups excluding carboxylic acids is 2. The highest BCUT2D eigenvalue weighted by Gasteiger charge is 2.18. The van der Waals surface area contributed by atoms with Gasteiger partial charge in [0.1, 0.15) is 13.2 Å². The Labute approximate surface area is 167 Å². The Balaban J connectivity index is 2.06. The lowest BCUT2D eigenvalue weighted by molar-refractivity contribution is 0.0671. The fourth-order valence-electron chi connectivity index (χ4n) is 2.51. The predicted octanol–water partition coefficient (Wildman–Crippen LogP) is 2.21. The third-order valence-electron chi connectivity index (χ3n) is 4.07. The summed E-state index contributed by atoms with van der Waals surface area (Å²) < 4.78 is 25.3. The van der Waals surface area contributed by atoms with Crippen molar-refractivity contribution in [3.05, 3.63) is 35.4 Å². The lowest BCUT2D eigenvalue weighted by atomic mass is 10.1. The third kappa shape index (κ3) is 4.88. The molecular formula is C20H22O9. The van der Waals surface area contributed by atoms with Gasteiger partial charge in [-0.2, -0.15) is 0 Å². The number of hydrogen-bond acceptors (Lipinski definition) is 9. The largest absolute Gasteiger partial charge is 0.502 e. The molecule has 0 amide bonds. The topological polar surface area (TPSA) is 121 Å². The van der Waals surface area contributed by atoms with Gasteiger partial charge in [-0.05, 0) is 24.3 Å². The van der Waals surface area contributed by atoms with Gasteiger partial charge in [0.2, 0.25) is 11.5 Å². The molecule has 0 aliphatic rings. The molecule has 29 heavy (non-hydrogen) atoms. The van der Waals surface area contributed by atoms with Gasteiger partial charge >= 0.3 is 0 Å².